The minimum atomic E-state index is -0.859. The van der Waals surface area contributed by atoms with Crippen LogP contribution in [0.1, 0.15) is 32.3 Å². The topological polar surface area (TPSA) is 127 Å². The first-order valence-corrected chi connectivity index (χ1v) is 11.8. The standard InChI is InChI=1S/C24H29BrN4O6/c1-4-6-11-26-23(31)24(32)29-27-14-16-12-19(25)22(20(13-16)33-3)35-15-21(30)28-17-7-9-18(10-8-17)34-5-2/h7-10,12-14H,4-6,11,15H2,1-3H3,(H,26,31)(H,28,30)(H,29,32)/b27-14-. The van der Waals surface area contributed by atoms with Gasteiger partial charge in [0.2, 0.25) is 0 Å². The van der Waals surface area contributed by atoms with Crippen LogP contribution in [0.2, 0.25) is 0 Å². The number of carbonyl (C=O) groups excluding carboxylic acids is 3. The first-order valence-electron chi connectivity index (χ1n) is 11.0. The molecule has 11 heteroatoms. The molecule has 0 saturated heterocycles. The van der Waals surface area contributed by atoms with Crippen molar-refractivity contribution in [2.45, 2.75) is 26.7 Å². The van der Waals surface area contributed by atoms with Crippen LogP contribution in [-0.2, 0) is 14.4 Å². The summed E-state index contributed by atoms with van der Waals surface area (Å²) in [6, 6.07) is 10.3. The van der Waals surface area contributed by atoms with Crippen molar-refractivity contribution >= 4 is 45.6 Å². The molecule has 0 aliphatic carbocycles. The Morgan fingerprint density at radius 1 is 1.06 bits per heavy atom. The van der Waals surface area contributed by atoms with Gasteiger partial charge in [0, 0.05) is 12.2 Å². The van der Waals surface area contributed by atoms with Crippen LogP contribution in [0.5, 0.6) is 17.2 Å². The minimum Gasteiger partial charge on any atom is -0.494 e. The number of anilines is 1. The summed E-state index contributed by atoms with van der Waals surface area (Å²) in [6.45, 7) is 4.62. The first kappa shape index (κ1) is 27.6. The van der Waals surface area contributed by atoms with Crippen LogP contribution in [0.3, 0.4) is 0 Å². The van der Waals surface area contributed by atoms with E-state index in [4.69, 9.17) is 14.2 Å². The minimum absolute atomic E-state index is 0.251. The SMILES string of the molecule is CCCCNC(=O)C(=O)N/N=C\c1cc(Br)c(OCC(=O)Nc2ccc(OCC)cc2)c(OC)c1. The van der Waals surface area contributed by atoms with E-state index in [0.717, 1.165) is 12.8 Å². The zero-order valence-electron chi connectivity index (χ0n) is 19.9. The van der Waals surface area contributed by atoms with Crippen LogP contribution in [0, 0.1) is 0 Å². The van der Waals surface area contributed by atoms with Gasteiger partial charge in [0.25, 0.3) is 5.91 Å². The zero-order chi connectivity index (χ0) is 25.6. The predicted octanol–water partition coefficient (Wildman–Crippen LogP) is 3.24. The van der Waals surface area contributed by atoms with Crippen LogP contribution in [0.25, 0.3) is 0 Å². The molecule has 188 valence electrons. The molecule has 0 spiro atoms. The number of rotatable bonds is 12. The lowest BCUT2D eigenvalue weighted by atomic mass is 10.2. The van der Waals surface area contributed by atoms with Gasteiger partial charge in [0.1, 0.15) is 5.75 Å². The molecule has 2 aromatic rings. The smallest absolute Gasteiger partial charge is 0.329 e. The van der Waals surface area contributed by atoms with E-state index < -0.39 is 11.8 Å². The maximum absolute atomic E-state index is 12.3. The van der Waals surface area contributed by atoms with E-state index in [0.29, 0.717) is 46.1 Å². The fraction of sp³-hybridized carbons (Fsp3) is 0.333. The Labute approximate surface area is 212 Å². The quantitative estimate of drug-likeness (QED) is 0.162. The molecule has 0 bridgehead atoms. The number of hydrogen-bond donors (Lipinski definition) is 3. The number of hydrazone groups is 1. The summed E-state index contributed by atoms with van der Waals surface area (Å²) in [4.78, 5) is 35.7. The number of nitrogens with one attached hydrogen (secondary N) is 3. The summed E-state index contributed by atoms with van der Waals surface area (Å²) >= 11 is 3.39. The van der Waals surface area contributed by atoms with Crippen molar-refractivity contribution in [3.8, 4) is 17.2 Å². The van der Waals surface area contributed by atoms with Gasteiger partial charge in [-0.15, -0.1) is 0 Å². The second kappa shape index (κ2) is 14.6. The Balaban J connectivity index is 1.94. The zero-order valence-corrected chi connectivity index (χ0v) is 21.4. The van der Waals surface area contributed by atoms with Crippen molar-refractivity contribution < 1.29 is 28.6 Å². The number of methoxy groups -OCH3 is 1. The highest BCUT2D eigenvalue weighted by atomic mass is 79.9. The van der Waals surface area contributed by atoms with Crippen LogP contribution < -0.4 is 30.3 Å². The predicted molar refractivity (Wildman–Crippen MR) is 136 cm³/mol. The van der Waals surface area contributed by atoms with Crippen LogP contribution in [-0.4, -0.2) is 50.8 Å². The van der Waals surface area contributed by atoms with E-state index in [2.05, 4.69) is 37.1 Å². The average molecular weight is 549 g/mol. The molecular weight excluding hydrogens is 520 g/mol. The molecule has 0 radical (unpaired) electrons. The lowest BCUT2D eigenvalue weighted by Crippen LogP contribution is -2.38. The number of halogens is 1. The largest absolute Gasteiger partial charge is 0.494 e. The summed E-state index contributed by atoms with van der Waals surface area (Å²) in [5.41, 5.74) is 3.35. The fourth-order valence-electron chi connectivity index (χ4n) is 2.77. The monoisotopic (exact) mass is 548 g/mol. The molecule has 2 aromatic carbocycles. The molecular formula is C24H29BrN4O6. The Bertz CT molecular complexity index is 1040. The summed E-state index contributed by atoms with van der Waals surface area (Å²) in [6.07, 6.45) is 3.05. The molecule has 0 fully saturated rings. The summed E-state index contributed by atoms with van der Waals surface area (Å²) in [5.74, 6) is -0.574. The van der Waals surface area contributed by atoms with Crippen molar-refractivity contribution in [1.82, 2.24) is 10.7 Å². The Kier molecular flexibility index (Phi) is 11.5. The Hall–Kier alpha value is -3.60. The summed E-state index contributed by atoms with van der Waals surface area (Å²) < 4.78 is 16.9. The summed E-state index contributed by atoms with van der Waals surface area (Å²) in [7, 11) is 1.46. The first-order chi connectivity index (χ1) is 16.9. The molecule has 3 N–H and O–H groups in total. The molecule has 10 nitrogen and oxygen atoms in total. The molecule has 0 aliphatic rings. The number of carbonyl (C=O) groups is 3. The van der Waals surface area contributed by atoms with Gasteiger partial charge in [0.15, 0.2) is 18.1 Å². The third-order valence-corrected chi connectivity index (χ3v) is 5.04. The van der Waals surface area contributed by atoms with E-state index in [-0.39, 0.29) is 12.5 Å². The van der Waals surface area contributed by atoms with Gasteiger partial charge in [-0.2, -0.15) is 5.10 Å². The number of hydrogen-bond acceptors (Lipinski definition) is 7. The number of unbranched alkanes of at least 4 members (excludes halogenated alkanes) is 1. The van der Waals surface area contributed by atoms with Crippen molar-refractivity contribution in [2.75, 3.05) is 32.2 Å². The highest BCUT2D eigenvalue weighted by Gasteiger charge is 2.14. The molecule has 35 heavy (non-hydrogen) atoms. The second-order valence-electron chi connectivity index (χ2n) is 7.14. The third kappa shape index (κ3) is 9.28. The maximum Gasteiger partial charge on any atom is 0.329 e. The van der Waals surface area contributed by atoms with Crippen molar-refractivity contribution in [1.29, 1.82) is 0 Å². The molecule has 0 aromatic heterocycles. The van der Waals surface area contributed by atoms with E-state index in [1.165, 1.54) is 13.3 Å². The van der Waals surface area contributed by atoms with Gasteiger partial charge >= 0.3 is 11.8 Å². The van der Waals surface area contributed by atoms with Gasteiger partial charge in [-0.3, -0.25) is 14.4 Å². The lowest BCUT2D eigenvalue weighted by molar-refractivity contribution is -0.139. The lowest BCUT2D eigenvalue weighted by Gasteiger charge is -2.13. The highest BCUT2D eigenvalue weighted by molar-refractivity contribution is 9.10. The van der Waals surface area contributed by atoms with Crippen LogP contribution in [0.15, 0.2) is 46.0 Å². The highest BCUT2D eigenvalue weighted by Crippen LogP contribution is 2.36. The van der Waals surface area contributed by atoms with Gasteiger partial charge in [-0.05, 0) is 71.2 Å². The summed E-state index contributed by atoms with van der Waals surface area (Å²) in [5, 5.41) is 9.05. The maximum atomic E-state index is 12.3. The van der Waals surface area contributed by atoms with Crippen molar-refractivity contribution in [3.63, 3.8) is 0 Å². The molecule has 0 unspecified atom stereocenters. The normalized spacial score (nSPS) is 10.5. The molecule has 0 atom stereocenters. The van der Waals surface area contributed by atoms with Gasteiger partial charge in [-0.25, -0.2) is 5.43 Å². The fourth-order valence-corrected chi connectivity index (χ4v) is 3.34. The van der Waals surface area contributed by atoms with Crippen LogP contribution >= 0.6 is 15.9 Å². The average Bonchev–Trinajstić information content (AvgIpc) is 2.84. The van der Waals surface area contributed by atoms with Gasteiger partial charge < -0.3 is 24.8 Å². The Morgan fingerprint density at radius 3 is 2.46 bits per heavy atom. The second-order valence-corrected chi connectivity index (χ2v) is 7.99. The molecule has 0 saturated carbocycles. The third-order valence-electron chi connectivity index (χ3n) is 4.45. The number of ether oxygens (including phenoxy) is 3. The van der Waals surface area contributed by atoms with Gasteiger partial charge in [-0.1, -0.05) is 13.3 Å². The van der Waals surface area contributed by atoms with Crippen molar-refractivity contribution in [3.05, 3.63) is 46.4 Å². The van der Waals surface area contributed by atoms with E-state index in [1.807, 2.05) is 13.8 Å². The van der Waals surface area contributed by atoms with Crippen LogP contribution in [0.4, 0.5) is 5.69 Å². The van der Waals surface area contributed by atoms with E-state index in [9.17, 15) is 14.4 Å². The van der Waals surface area contributed by atoms with Gasteiger partial charge in [0.05, 0.1) is 24.4 Å². The number of nitrogens with zero attached hydrogens (tertiary/aromatic N) is 1. The molecule has 0 heterocycles. The molecule has 3 amide bonds. The van der Waals surface area contributed by atoms with Crippen molar-refractivity contribution in [2.24, 2.45) is 5.10 Å². The molecule has 2 rings (SSSR count). The molecule has 0 aliphatic heterocycles. The van der Waals surface area contributed by atoms with E-state index >= 15 is 0 Å². The number of amides is 3. The Morgan fingerprint density at radius 2 is 1.80 bits per heavy atom. The van der Waals surface area contributed by atoms with E-state index in [1.54, 1.807) is 36.4 Å². The number of benzene rings is 2.